The summed E-state index contributed by atoms with van der Waals surface area (Å²) in [5.74, 6) is 1.12. The Kier molecular flexibility index (Phi) is 8.00. The van der Waals surface area contributed by atoms with Crippen LogP contribution in [0.3, 0.4) is 0 Å². The summed E-state index contributed by atoms with van der Waals surface area (Å²) < 4.78 is 40.3. The number of para-hydroxylation sites is 1. The third-order valence-corrected chi connectivity index (χ3v) is 4.00. The Morgan fingerprint density at radius 3 is 2.45 bits per heavy atom. The van der Waals surface area contributed by atoms with Gasteiger partial charge < -0.3 is 10.6 Å². The molecule has 0 aliphatic heterocycles. The van der Waals surface area contributed by atoms with E-state index in [0.29, 0.717) is 23.9 Å². The molecular formula is C19H20F3IN6. The van der Waals surface area contributed by atoms with Crippen LogP contribution in [0.1, 0.15) is 17.0 Å². The second-order valence-corrected chi connectivity index (χ2v) is 5.93. The first kappa shape index (κ1) is 22.7. The number of alkyl halides is 3. The Balaban J connectivity index is 0.00000300. The van der Waals surface area contributed by atoms with E-state index in [4.69, 9.17) is 0 Å². The highest BCUT2D eigenvalue weighted by atomic mass is 127. The summed E-state index contributed by atoms with van der Waals surface area (Å²) in [5.41, 5.74) is 0.757. The molecule has 10 heteroatoms. The second kappa shape index (κ2) is 10.2. The molecular weight excluding hydrogens is 496 g/mol. The molecule has 3 aromatic rings. The Labute approximate surface area is 183 Å². The molecule has 0 radical (unpaired) electrons. The highest BCUT2D eigenvalue weighted by molar-refractivity contribution is 14.0. The number of hydrogen-bond donors (Lipinski definition) is 2. The molecule has 29 heavy (non-hydrogen) atoms. The van der Waals surface area contributed by atoms with Gasteiger partial charge in [0.15, 0.2) is 11.8 Å². The fraction of sp³-hybridized carbons (Fsp3) is 0.211. The Morgan fingerprint density at radius 2 is 1.76 bits per heavy atom. The topological polar surface area (TPSA) is 67.1 Å². The lowest BCUT2D eigenvalue weighted by Gasteiger charge is -2.13. The van der Waals surface area contributed by atoms with E-state index in [-0.39, 0.29) is 30.5 Å². The highest BCUT2D eigenvalue weighted by Gasteiger charge is 2.30. The van der Waals surface area contributed by atoms with E-state index in [1.165, 1.54) is 6.07 Å². The number of aromatic nitrogens is 3. The number of nitrogens with zero attached hydrogens (tertiary/aromatic N) is 4. The number of rotatable bonds is 5. The summed E-state index contributed by atoms with van der Waals surface area (Å²) in [6.07, 6.45) is -2.75. The lowest BCUT2D eigenvalue weighted by Crippen LogP contribution is -2.37. The van der Waals surface area contributed by atoms with Gasteiger partial charge in [-0.1, -0.05) is 30.3 Å². The molecule has 0 unspecified atom stereocenters. The zero-order valence-corrected chi connectivity index (χ0v) is 17.8. The molecule has 0 aliphatic rings. The van der Waals surface area contributed by atoms with Gasteiger partial charge >= 0.3 is 6.18 Å². The summed E-state index contributed by atoms with van der Waals surface area (Å²) in [6, 6.07) is 14.8. The Bertz CT molecular complexity index is 940. The lowest BCUT2D eigenvalue weighted by molar-refractivity contribution is -0.137. The average Bonchev–Trinajstić information content (AvgIpc) is 3.17. The van der Waals surface area contributed by atoms with Crippen molar-refractivity contribution in [3.8, 4) is 5.69 Å². The van der Waals surface area contributed by atoms with Crippen molar-refractivity contribution in [2.75, 3.05) is 7.05 Å². The first-order chi connectivity index (χ1) is 13.5. The van der Waals surface area contributed by atoms with E-state index in [2.05, 4.69) is 25.8 Å². The number of aliphatic imine (C=N–C) groups is 1. The van der Waals surface area contributed by atoms with Crippen molar-refractivity contribution in [3.05, 3.63) is 77.9 Å². The molecule has 1 heterocycles. The minimum absolute atomic E-state index is 0. The van der Waals surface area contributed by atoms with Crippen molar-refractivity contribution in [2.24, 2.45) is 4.99 Å². The molecule has 0 saturated carbocycles. The van der Waals surface area contributed by atoms with Gasteiger partial charge in [0.25, 0.3) is 0 Å². The van der Waals surface area contributed by atoms with Crippen LogP contribution in [0.2, 0.25) is 0 Å². The zero-order chi connectivity index (χ0) is 20.0. The minimum Gasteiger partial charge on any atom is -0.352 e. The van der Waals surface area contributed by atoms with Gasteiger partial charge in [-0.3, -0.25) is 9.56 Å². The van der Waals surface area contributed by atoms with E-state index in [9.17, 15) is 13.2 Å². The molecule has 6 nitrogen and oxygen atoms in total. The predicted molar refractivity (Wildman–Crippen MR) is 115 cm³/mol. The van der Waals surface area contributed by atoms with Crippen LogP contribution in [-0.2, 0) is 19.3 Å². The van der Waals surface area contributed by atoms with Crippen molar-refractivity contribution in [1.82, 2.24) is 25.4 Å². The summed E-state index contributed by atoms with van der Waals surface area (Å²) in [5, 5.41) is 14.1. The van der Waals surface area contributed by atoms with Crippen LogP contribution in [0, 0.1) is 0 Å². The molecule has 0 spiro atoms. The van der Waals surface area contributed by atoms with Crippen LogP contribution >= 0.6 is 24.0 Å². The summed E-state index contributed by atoms with van der Waals surface area (Å²) in [7, 11) is 1.59. The fourth-order valence-corrected chi connectivity index (χ4v) is 2.61. The predicted octanol–water partition coefficient (Wildman–Crippen LogP) is 3.77. The first-order valence-corrected chi connectivity index (χ1v) is 8.52. The normalized spacial score (nSPS) is 11.7. The molecule has 0 atom stereocenters. The van der Waals surface area contributed by atoms with Gasteiger partial charge in [-0.2, -0.15) is 13.2 Å². The Morgan fingerprint density at radius 1 is 1.03 bits per heavy atom. The van der Waals surface area contributed by atoms with Gasteiger partial charge in [0, 0.05) is 19.3 Å². The van der Waals surface area contributed by atoms with Crippen molar-refractivity contribution < 1.29 is 13.2 Å². The third kappa shape index (κ3) is 6.17. The van der Waals surface area contributed by atoms with Gasteiger partial charge in [-0.25, -0.2) is 0 Å². The van der Waals surface area contributed by atoms with Crippen molar-refractivity contribution in [3.63, 3.8) is 0 Å². The fourth-order valence-electron chi connectivity index (χ4n) is 2.61. The molecule has 0 fully saturated rings. The number of benzene rings is 2. The largest absolute Gasteiger partial charge is 0.416 e. The maximum Gasteiger partial charge on any atom is 0.416 e. The summed E-state index contributed by atoms with van der Waals surface area (Å²) in [6.45, 7) is 0.548. The van der Waals surface area contributed by atoms with E-state index < -0.39 is 11.7 Å². The standard InChI is InChI=1S/C19H19F3N6.HI/c1-23-18(24-11-14-6-5-7-15(10-14)19(20,21)22)25-12-17-27-26-13-28(17)16-8-3-2-4-9-16;/h2-10,13H,11-12H2,1H3,(H2,23,24,25);1H. The molecule has 2 N–H and O–H groups in total. The van der Waals surface area contributed by atoms with Crippen LogP contribution < -0.4 is 10.6 Å². The van der Waals surface area contributed by atoms with Crippen molar-refractivity contribution in [2.45, 2.75) is 19.3 Å². The zero-order valence-electron chi connectivity index (χ0n) is 15.5. The van der Waals surface area contributed by atoms with E-state index >= 15 is 0 Å². The van der Waals surface area contributed by atoms with Crippen LogP contribution in [0.5, 0.6) is 0 Å². The third-order valence-electron chi connectivity index (χ3n) is 4.00. The SMILES string of the molecule is CN=C(NCc1cccc(C(F)(F)F)c1)NCc1nncn1-c1ccccc1.I. The number of halogens is 4. The minimum atomic E-state index is -4.36. The van der Waals surface area contributed by atoms with Gasteiger partial charge in [0.2, 0.25) is 0 Å². The van der Waals surface area contributed by atoms with Crippen LogP contribution in [0.4, 0.5) is 13.2 Å². The smallest absolute Gasteiger partial charge is 0.352 e. The first-order valence-electron chi connectivity index (χ1n) is 8.52. The molecule has 3 rings (SSSR count). The van der Waals surface area contributed by atoms with Gasteiger partial charge in [-0.05, 0) is 29.8 Å². The maximum atomic E-state index is 12.8. The maximum absolute atomic E-state index is 12.8. The molecule has 2 aromatic carbocycles. The van der Waals surface area contributed by atoms with E-state index in [0.717, 1.165) is 17.8 Å². The van der Waals surface area contributed by atoms with E-state index in [1.807, 2.05) is 34.9 Å². The molecule has 1 aromatic heterocycles. The molecule has 154 valence electrons. The van der Waals surface area contributed by atoms with Crippen molar-refractivity contribution >= 4 is 29.9 Å². The summed E-state index contributed by atoms with van der Waals surface area (Å²) in [4.78, 5) is 4.09. The van der Waals surface area contributed by atoms with Gasteiger partial charge in [0.05, 0.1) is 12.1 Å². The molecule has 0 bridgehead atoms. The van der Waals surface area contributed by atoms with E-state index in [1.54, 1.807) is 19.4 Å². The Hall–Kier alpha value is -2.63. The van der Waals surface area contributed by atoms with Gasteiger partial charge in [0.1, 0.15) is 6.33 Å². The van der Waals surface area contributed by atoms with Crippen LogP contribution in [-0.4, -0.2) is 27.8 Å². The van der Waals surface area contributed by atoms with Crippen LogP contribution in [0.25, 0.3) is 5.69 Å². The highest BCUT2D eigenvalue weighted by Crippen LogP contribution is 2.29. The number of hydrogen-bond acceptors (Lipinski definition) is 3. The second-order valence-electron chi connectivity index (χ2n) is 5.93. The number of guanidine groups is 1. The monoisotopic (exact) mass is 516 g/mol. The lowest BCUT2D eigenvalue weighted by atomic mass is 10.1. The quantitative estimate of drug-likeness (QED) is 0.308. The number of nitrogens with one attached hydrogen (secondary N) is 2. The van der Waals surface area contributed by atoms with Crippen LogP contribution in [0.15, 0.2) is 65.9 Å². The molecule has 0 amide bonds. The molecule has 0 saturated heterocycles. The van der Waals surface area contributed by atoms with Gasteiger partial charge in [-0.15, -0.1) is 34.2 Å². The average molecular weight is 516 g/mol. The summed E-state index contributed by atoms with van der Waals surface area (Å²) >= 11 is 0. The van der Waals surface area contributed by atoms with Crippen molar-refractivity contribution in [1.29, 1.82) is 0 Å². The molecule has 0 aliphatic carbocycles.